The summed E-state index contributed by atoms with van der Waals surface area (Å²) in [6.07, 6.45) is -0.773. The van der Waals surface area contributed by atoms with Crippen molar-refractivity contribution < 1.29 is 14.2 Å². The Morgan fingerprint density at radius 2 is 1.53 bits per heavy atom. The van der Waals surface area contributed by atoms with Crippen LogP contribution in [0.1, 0.15) is 22.8 Å². The number of aliphatic hydroxyl groups excluding tert-OH is 1. The van der Waals surface area contributed by atoms with Crippen LogP contribution in [0.25, 0.3) is 0 Å². The highest BCUT2D eigenvalue weighted by atomic mass is 19.1. The van der Waals surface area contributed by atoms with E-state index in [1.54, 1.807) is 0 Å². The Bertz CT molecular complexity index is 972. The number of rotatable bonds is 8. The SMILES string of the molecule is Cc1ccccc1C(OCC(O)CN1CCN(c2ccc(F)cc2)CC1)c1ccccc1. The highest BCUT2D eigenvalue weighted by Crippen LogP contribution is 2.28. The van der Waals surface area contributed by atoms with Crippen LogP contribution in [0.2, 0.25) is 0 Å². The van der Waals surface area contributed by atoms with Gasteiger partial charge >= 0.3 is 0 Å². The molecule has 0 aliphatic carbocycles. The number of hydrogen-bond acceptors (Lipinski definition) is 4. The lowest BCUT2D eigenvalue weighted by Gasteiger charge is -2.37. The Labute approximate surface area is 189 Å². The van der Waals surface area contributed by atoms with Gasteiger partial charge < -0.3 is 14.7 Å². The normalized spacial score (nSPS) is 16.7. The first-order chi connectivity index (χ1) is 15.6. The molecule has 0 saturated carbocycles. The number of aryl methyl sites for hydroxylation is 1. The standard InChI is InChI=1S/C27H31FN2O2/c1-21-7-5-6-10-26(21)27(22-8-3-2-4-9-22)32-20-25(31)19-29-15-17-30(18-16-29)24-13-11-23(28)12-14-24/h2-14,25,27,31H,15-20H2,1H3. The predicted octanol–water partition coefficient (Wildman–Crippen LogP) is 4.42. The van der Waals surface area contributed by atoms with Crippen molar-refractivity contribution in [2.24, 2.45) is 0 Å². The van der Waals surface area contributed by atoms with Crippen molar-refractivity contribution in [2.75, 3.05) is 44.2 Å². The maximum atomic E-state index is 13.2. The minimum absolute atomic E-state index is 0.206. The third kappa shape index (κ3) is 5.74. The summed E-state index contributed by atoms with van der Waals surface area (Å²) in [4.78, 5) is 4.52. The first kappa shape index (κ1) is 22.5. The summed E-state index contributed by atoms with van der Waals surface area (Å²) in [6.45, 7) is 6.36. The lowest BCUT2D eigenvalue weighted by molar-refractivity contribution is -0.00911. The molecule has 0 spiro atoms. The topological polar surface area (TPSA) is 35.9 Å². The fourth-order valence-corrected chi connectivity index (χ4v) is 4.27. The van der Waals surface area contributed by atoms with Crippen LogP contribution >= 0.6 is 0 Å². The Balaban J connectivity index is 1.32. The van der Waals surface area contributed by atoms with E-state index in [1.165, 1.54) is 17.7 Å². The lowest BCUT2D eigenvalue weighted by atomic mass is 9.97. The van der Waals surface area contributed by atoms with E-state index >= 15 is 0 Å². The molecule has 2 unspecified atom stereocenters. The Morgan fingerprint density at radius 1 is 0.875 bits per heavy atom. The lowest BCUT2D eigenvalue weighted by Crippen LogP contribution is -2.49. The summed E-state index contributed by atoms with van der Waals surface area (Å²) in [5.74, 6) is -0.213. The first-order valence-corrected chi connectivity index (χ1v) is 11.2. The summed E-state index contributed by atoms with van der Waals surface area (Å²) in [5.41, 5.74) is 4.42. The number of hydrogen-bond donors (Lipinski definition) is 1. The number of piperazine rings is 1. The fraction of sp³-hybridized carbons (Fsp3) is 0.333. The van der Waals surface area contributed by atoms with E-state index in [0.29, 0.717) is 6.54 Å². The molecule has 1 N–H and O–H groups in total. The Morgan fingerprint density at radius 3 is 2.22 bits per heavy atom. The zero-order chi connectivity index (χ0) is 22.3. The maximum Gasteiger partial charge on any atom is 0.123 e. The highest BCUT2D eigenvalue weighted by molar-refractivity contribution is 5.46. The molecule has 1 fully saturated rings. The van der Waals surface area contributed by atoms with E-state index in [-0.39, 0.29) is 18.5 Å². The number of ether oxygens (including phenoxy) is 1. The second kappa shape index (κ2) is 10.7. The first-order valence-electron chi connectivity index (χ1n) is 11.2. The zero-order valence-corrected chi connectivity index (χ0v) is 18.5. The van der Waals surface area contributed by atoms with Crippen molar-refractivity contribution in [1.29, 1.82) is 0 Å². The number of halogens is 1. The number of β-amino-alcohol motifs (C(OH)–C–C–N with tert-alkyl or cyclic N) is 1. The van der Waals surface area contributed by atoms with Crippen molar-refractivity contribution in [2.45, 2.75) is 19.1 Å². The van der Waals surface area contributed by atoms with E-state index < -0.39 is 6.10 Å². The van der Waals surface area contributed by atoms with Crippen LogP contribution in [0.4, 0.5) is 10.1 Å². The van der Waals surface area contributed by atoms with Crippen LogP contribution < -0.4 is 4.90 Å². The van der Waals surface area contributed by atoms with Crippen LogP contribution in [0.3, 0.4) is 0 Å². The van der Waals surface area contributed by atoms with Crippen molar-refractivity contribution in [3.05, 3.63) is 101 Å². The average Bonchev–Trinajstić information content (AvgIpc) is 2.82. The second-order valence-corrected chi connectivity index (χ2v) is 8.40. The third-order valence-corrected chi connectivity index (χ3v) is 6.06. The molecule has 2 atom stereocenters. The van der Waals surface area contributed by atoms with E-state index in [1.807, 2.05) is 42.5 Å². The molecule has 0 aromatic heterocycles. The molecule has 0 radical (unpaired) electrons. The summed E-state index contributed by atoms with van der Waals surface area (Å²) in [5, 5.41) is 10.7. The summed E-state index contributed by atoms with van der Waals surface area (Å²) < 4.78 is 19.4. The molecule has 1 heterocycles. The van der Waals surface area contributed by atoms with Gasteiger partial charge in [0.25, 0.3) is 0 Å². The minimum Gasteiger partial charge on any atom is -0.389 e. The molecule has 5 heteroatoms. The minimum atomic E-state index is -0.567. The Hall–Kier alpha value is -2.73. The fourth-order valence-electron chi connectivity index (χ4n) is 4.27. The van der Waals surface area contributed by atoms with Gasteiger partial charge in [-0.25, -0.2) is 4.39 Å². The summed E-state index contributed by atoms with van der Waals surface area (Å²) >= 11 is 0. The van der Waals surface area contributed by atoms with Crippen molar-refractivity contribution >= 4 is 5.69 Å². The van der Waals surface area contributed by atoms with E-state index in [9.17, 15) is 9.50 Å². The molecule has 4 nitrogen and oxygen atoms in total. The molecule has 0 bridgehead atoms. The van der Waals surface area contributed by atoms with E-state index in [2.05, 4.69) is 41.0 Å². The van der Waals surface area contributed by atoms with Gasteiger partial charge in [0, 0.05) is 38.4 Å². The van der Waals surface area contributed by atoms with Gasteiger partial charge in [0.2, 0.25) is 0 Å². The van der Waals surface area contributed by atoms with Crippen molar-refractivity contribution in [3.8, 4) is 0 Å². The molecule has 3 aromatic carbocycles. The van der Waals surface area contributed by atoms with Gasteiger partial charge in [-0.3, -0.25) is 4.90 Å². The zero-order valence-electron chi connectivity index (χ0n) is 18.5. The summed E-state index contributed by atoms with van der Waals surface area (Å²) in [6, 6.07) is 25.0. The van der Waals surface area contributed by atoms with Crippen molar-refractivity contribution in [3.63, 3.8) is 0 Å². The quantitative estimate of drug-likeness (QED) is 0.569. The van der Waals surface area contributed by atoms with E-state index in [4.69, 9.17) is 4.74 Å². The third-order valence-electron chi connectivity index (χ3n) is 6.06. The average molecular weight is 435 g/mol. The molecular weight excluding hydrogens is 403 g/mol. The number of aliphatic hydroxyl groups is 1. The van der Waals surface area contributed by atoms with Gasteiger partial charge in [-0.2, -0.15) is 0 Å². The van der Waals surface area contributed by atoms with Crippen LogP contribution in [0.15, 0.2) is 78.9 Å². The highest BCUT2D eigenvalue weighted by Gasteiger charge is 2.22. The van der Waals surface area contributed by atoms with Crippen LogP contribution in [0, 0.1) is 12.7 Å². The molecule has 1 saturated heterocycles. The van der Waals surface area contributed by atoms with E-state index in [0.717, 1.165) is 43.0 Å². The van der Waals surface area contributed by atoms with Gasteiger partial charge in [-0.15, -0.1) is 0 Å². The van der Waals surface area contributed by atoms with Gasteiger partial charge in [-0.1, -0.05) is 54.6 Å². The second-order valence-electron chi connectivity index (χ2n) is 8.40. The molecule has 3 aromatic rings. The maximum absolute atomic E-state index is 13.2. The van der Waals surface area contributed by atoms with Crippen LogP contribution in [-0.4, -0.2) is 55.4 Å². The van der Waals surface area contributed by atoms with Gasteiger partial charge in [0.1, 0.15) is 11.9 Å². The Kier molecular flexibility index (Phi) is 7.53. The molecule has 1 aliphatic rings. The van der Waals surface area contributed by atoms with Gasteiger partial charge in [-0.05, 0) is 47.9 Å². The van der Waals surface area contributed by atoms with Gasteiger partial charge in [0.15, 0.2) is 0 Å². The van der Waals surface area contributed by atoms with Crippen LogP contribution in [0.5, 0.6) is 0 Å². The monoisotopic (exact) mass is 434 g/mol. The van der Waals surface area contributed by atoms with Crippen molar-refractivity contribution in [1.82, 2.24) is 4.90 Å². The van der Waals surface area contributed by atoms with Crippen LogP contribution in [-0.2, 0) is 4.74 Å². The summed E-state index contributed by atoms with van der Waals surface area (Å²) in [7, 11) is 0. The number of anilines is 1. The molecular formula is C27H31FN2O2. The molecule has 4 rings (SSSR count). The number of nitrogens with zero attached hydrogens (tertiary/aromatic N) is 2. The molecule has 168 valence electrons. The molecule has 32 heavy (non-hydrogen) atoms. The molecule has 0 amide bonds. The predicted molar refractivity (Wildman–Crippen MR) is 126 cm³/mol. The van der Waals surface area contributed by atoms with Gasteiger partial charge in [0.05, 0.1) is 12.7 Å². The number of benzene rings is 3. The smallest absolute Gasteiger partial charge is 0.123 e. The largest absolute Gasteiger partial charge is 0.389 e. The molecule has 1 aliphatic heterocycles.